The molecule has 2 aliphatic rings. The summed E-state index contributed by atoms with van der Waals surface area (Å²) in [5.74, 6) is 1.10. The van der Waals surface area contributed by atoms with E-state index in [1.165, 1.54) is 18.3 Å². The fraction of sp³-hybridized carbons (Fsp3) is 0.192. The van der Waals surface area contributed by atoms with Crippen molar-refractivity contribution < 1.29 is 13.9 Å². The number of ketones is 1. The lowest BCUT2D eigenvalue weighted by Gasteiger charge is -2.45. The minimum atomic E-state index is -1.08. The molecular weight excluding hydrogens is 472 g/mol. The fourth-order valence-corrected chi connectivity index (χ4v) is 6.23. The lowest BCUT2D eigenvalue weighted by atomic mass is 9.79. The molecule has 6 nitrogen and oxygen atoms in total. The van der Waals surface area contributed by atoms with Gasteiger partial charge in [0.25, 0.3) is 5.56 Å². The van der Waals surface area contributed by atoms with Crippen molar-refractivity contribution in [2.75, 3.05) is 0 Å². The highest BCUT2D eigenvalue weighted by Crippen LogP contribution is 2.47. The molecule has 2 bridgehead atoms. The molecular formula is C26H19ClN2O4S. The highest BCUT2D eigenvalue weighted by molar-refractivity contribution is 7.07. The lowest BCUT2D eigenvalue weighted by Crippen LogP contribution is -2.58. The van der Waals surface area contributed by atoms with Gasteiger partial charge in [-0.1, -0.05) is 53.3 Å². The molecule has 0 spiro atoms. The molecule has 6 rings (SSSR count). The van der Waals surface area contributed by atoms with Gasteiger partial charge in [-0.15, -0.1) is 0 Å². The van der Waals surface area contributed by atoms with Crippen LogP contribution in [0.1, 0.15) is 31.2 Å². The molecule has 0 radical (unpaired) electrons. The number of rotatable bonds is 3. The third kappa shape index (κ3) is 3.11. The molecule has 34 heavy (non-hydrogen) atoms. The number of carbonyl (C=O) groups is 1. The second-order valence-corrected chi connectivity index (χ2v) is 10.0. The molecule has 0 amide bonds. The molecule has 4 heterocycles. The first-order valence-electron chi connectivity index (χ1n) is 10.8. The number of halogens is 1. The standard InChI is InChI=1S/C26H19ClN2O4S/c1-14(30)22-23-17-8-4-6-10-20(17)33-26(22,2)28-25-29(23)24(31)21(34-25)13-15-11-12-19(32-15)16-7-3-5-9-18(16)27/h3-13,22-23H,1-2H3/b21-13+/t22-,23+,26-/m0/s1. The molecule has 0 N–H and O–H groups in total. The number of nitrogens with zero attached hydrogens (tertiary/aromatic N) is 2. The molecule has 8 heteroatoms. The molecule has 0 saturated heterocycles. The predicted octanol–water partition coefficient (Wildman–Crippen LogP) is 4.19. The second-order valence-electron chi connectivity index (χ2n) is 8.59. The number of thiazole rings is 1. The SMILES string of the molecule is CC(=O)[C@H]1[C@H]2c3ccccc3O[C@]1(C)N=c1s/c(=C/c3ccc(-c4ccccc4Cl)o3)c(=O)n12. The maximum absolute atomic E-state index is 13.6. The number of para-hydroxylation sites is 1. The Bertz CT molecular complexity index is 1650. The predicted molar refractivity (Wildman–Crippen MR) is 130 cm³/mol. The van der Waals surface area contributed by atoms with E-state index in [0.29, 0.717) is 31.6 Å². The molecule has 0 fully saturated rings. The number of hydrogen-bond acceptors (Lipinski definition) is 6. The quantitative estimate of drug-likeness (QED) is 0.431. The first-order valence-corrected chi connectivity index (χ1v) is 12.0. The van der Waals surface area contributed by atoms with Gasteiger partial charge in [0.2, 0.25) is 5.72 Å². The van der Waals surface area contributed by atoms with Crippen LogP contribution in [0.4, 0.5) is 0 Å². The highest BCUT2D eigenvalue weighted by atomic mass is 35.5. The molecule has 0 unspecified atom stereocenters. The van der Waals surface area contributed by atoms with Gasteiger partial charge in [-0.25, -0.2) is 4.99 Å². The number of ether oxygens (including phenoxy) is 1. The van der Waals surface area contributed by atoms with Crippen LogP contribution in [0.15, 0.2) is 74.9 Å². The largest absolute Gasteiger partial charge is 0.465 e. The van der Waals surface area contributed by atoms with E-state index in [1.807, 2.05) is 55.5 Å². The molecule has 2 aliphatic heterocycles. The highest BCUT2D eigenvalue weighted by Gasteiger charge is 2.53. The van der Waals surface area contributed by atoms with Gasteiger partial charge in [0.15, 0.2) is 4.80 Å². The van der Waals surface area contributed by atoms with Gasteiger partial charge in [0, 0.05) is 17.2 Å². The molecule has 4 aromatic rings. The van der Waals surface area contributed by atoms with Crippen molar-refractivity contribution in [2.45, 2.75) is 25.6 Å². The number of carbonyl (C=O) groups excluding carboxylic acids is 1. The summed E-state index contributed by atoms with van der Waals surface area (Å²) in [7, 11) is 0. The van der Waals surface area contributed by atoms with E-state index in [1.54, 1.807) is 22.8 Å². The van der Waals surface area contributed by atoms with Crippen molar-refractivity contribution in [3.8, 4) is 17.1 Å². The third-order valence-electron chi connectivity index (χ3n) is 6.36. The van der Waals surface area contributed by atoms with Gasteiger partial charge in [-0.3, -0.25) is 14.2 Å². The van der Waals surface area contributed by atoms with Crippen molar-refractivity contribution >= 4 is 34.8 Å². The summed E-state index contributed by atoms with van der Waals surface area (Å²) in [6, 6.07) is 18.1. The van der Waals surface area contributed by atoms with Crippen LogP contribution in [0, 0.1) is 5.92 Å². The van der Waals surface area contributed by atoms with E-state index >= 15 is 0 Å². The van der Waals surface area contributed by atoms with Crippen LogP contribution in [0.3, 0.4) is 0 Å². The summed E-state index contributed by atoms with van der Waals surface area (Å²) >= 11 is 7.55. The molecule has 3 atom stereocenters. The van der Waals surface area contributed by atoms with Crippen molar-refractivity contribution in [1.29, 1.82) is 0 Å². The third-order valence-corrected chi connectivity index (χ3v) is 7.67. The second kappa shape index (κ2) is 7.55. The minimum Gasteiger partial charge on any atom is -0.465 e. The minimum absolute atomic E-state index is 0.0737. The monoisotopic (exact) mass is 490 g/mol. The Labute approximate surface area is 203 Å². The van der Waals surface area contributed by atoms with Crippen LogP contribution in [-0.2, 0) is 4.79 Å². The van der Waals surface area contributed by atoms with E-state index in [-0.39, 0.29) is 11.3 Å². The topological polar surface area (TPSA) is 73.8 Å². The van der Waals surface area contributed by atoms with E-state index in [4.69, 9.17) is 25.7 Å². The van der Waals surface area contributed by atoms with Gasteiger partial charge in [0.1, 0.15) is 29.0 Å². The van der Waals surface area contributed by atoms with E-state index in [2.05, 4.69) is 0 Å². The zero-order chi connectivity index (χ0) is 23.6. The Morgan fingerprint density at radius 3 is 2.71 bits per heavy atom. The average Bonchev–Trinajstić information content (AvgIpc) is 3.37. The summed E-state index contributed by atoms with van der Waals surface area (Å²) in [5, 5.41) is 0.586. The smallest absolute Gasteiger partial charge is 0.271 e. The van der Waals surface area contributed by atoms with Crippen LogP contribution in [-0.4, -0.2) is 16.1 Å². The molecule has 0 saturated carbocycles. The Kier molecular flexibility index (Phi) is 4.69. The van der Waals surface area contributed by atoms with Gasteiger partial charge < -0.3 is 9.15 Å². The first kappa shape index (κ1) is 21.1. The van der Waals surface area contributed by atoms with E-state index in [0.717, 1.165) is 11.1 Å². The summed E-state index contributed by atoms with van der Waals surface area (Å²) in [5.41, 5.74) is 0.290. The van der Waals surface area contributed by atoms with E-state index < -0.39 is 17.7 Å². The van der Waals surface area contributed by atoms with Crippen LogP contribution in [0.25, 0.3) is 17.4 Å². The normalized spacial score (nSPS) is 23.0. The zero-order valence-corrected chi connectivity index (χ0v) is 19.9. The number of furan rings is 1. The average molecular weight is 491 g/mol. The van der Waals surface area contributed by atoms with Gasteiger partial charge in [0.05, 0.1) is 15.6 Å². The Balaban J connectivity index is 1.53. The van der Waals surface area contributed by atoms with Crippen LogP contribution < -0.4 is 19.6 Å². The fourth-order valence-electron chi connectivity index (χ4n) is 4.92. The van der Waals surface area contributed by atoms with Crippen molar-refractivity contribution in [1.82, 2.24) is 4.57 Å². The van der Waals surface area contributed by atoms with E-state index in [9.17, 15) is 9.59 Å². The summed E-state index contributed by atoms with van der Waals surface area (Å²) in [6.07, 6.45) is 1.70. The van der Waals surface area contributed by atoms with Crippen LogP contribution in [0.2, 0.25) is 5.02 Å². The molecule has 170 valence electrons. The Morgan fingerprint density at radius 1 is 1.15 bits per heavy atom. The Hall–Kier alpha value is -3.42. The summed E-state index contributed by atoms with van der Waals surface area (Å²) in [6.45, 7) is 3.33. The first-order chi connectivity index (χ1) is 16.4. The maximum atomic E-state index is 13.6. The van der Waals surface area contributed by atoms with Crippen LogP contribution >= 0.6 is 22.9 Å². The summed E-state index contributed by atoms with van der Waals surface area (Å²) in [4.78, 5) is 31.6. The number of Topliss-reactive ketones (excluding diaryl/α,β-unsaturated/α-hetero) is 1. The lowest BCUT2D eigenvalue weighted by molar-refractivity contribution is -0.132. The summed E-state index contributed by atoms with van der Waals surface area (Å²) < 4.78 is 14.3. The van der Waals surface area contributed by atoms with Gasteiger partial charge in [-0.05, 0) is 44.2 Å². The maximum Gasteiger partial charge on any atom is 0.271 e. The number of benzene rings is 2. The van der Waals surface area contributed by atoms with Gasteiger partial charge >= 0.3 is 0 Å². The zero-order valence-electron chi connectivity index (χ0n) is 18.3. The molecule has 0 aliphatic carbocycles. The van der Waals surface area contributed by atoms with Crippen molar-refractivity contribution in [2.24, 2.45) is 10.9 Å². The van der Waals surface area contributed by atoms with Crippen molar-refractivity contribution in [3.63, 3.8) is 0 Å². The van der Waals surface area contributed by atoms with Crippen LogP contribution in [0.5, 0.6) is 5.75 Å². The Morgan fingerprint density at radius 2 is 1.91 bits per heavy atom. The number of fused-ring (bicyclic) bond motifs is 6. The number of hydrogen-bond donors (Lipinski definition) is 0. The van der Waals surface area contributed by atoms with Gasteiger partial charge in [-0.2, -0.15) is 0 Å². The molecule has 2 aromatic heterocycles. The van der Waals surface area contributed by atoms with Crippen molar-refractivity contribution in [3.05, 3.63) is 96.7 Å². The molecule has 2 aromatic carbocycles. The number of aromatic nitrogens is 1.